The Labute approximate surface area is 559 Å². The van der Waals surface area contributed by atoms with Crippen LogP contribution in [0, 0.1) is 30.5 Å². The van der Waals surface area contributed by atoms with Gasteiger partial charge in [0.05, 0.1) is 86.9 Å². The van der Waals surface area contributed by atoms with Crippen LogP contribution in [-0.2, 0) is 90.8 Å². The van der Waals surface area contributed by atoms with Crippen LogP contribution >= 0.6 is 0 Å². The van der Waals surface area contributed by atoms with Gasteiger partial charge in [0.2, 0.25) is 29.5 Å². The van der Waals surface area contributed by atoms with Crippen molar-refractivity contribution in [1.82, 2.24) is 36.1 Å². The van der Waals surface area contributed by atoms with E-state index in [2.05, 4.69) is 43.7 Å². The van der Waals surface area contributed by atoms with E-state index in [-0.39, 0.29) is 134 Å². The van der Waals surface area contributed by atoms with Gasteiger partial charge in [-0.2, -0.15) is 0 Å². The summed E-state index contributed by atoms with van der Waals surface area (Å²) in [4.78, 5) is 126. The number of cyclic esters (lactones) is 1. The van der Waals surface area contributed by atoms with Crippen LogP contribution in [0.2, 0.25) is 0 Å². The van der Waals surface area contributed by atoms with Gasteiger partial charge in [0.15, 0.2) is 5.60 Å². The van der Waals surface area contributed by atoms with E-state index in [1.165, 1.54) is 10.6 Å². The van der Waals surface area contributed by atoms with Crippen LogP contribution in [0.5, 0.6) is 0 Å². The number of nitrogens with one attached hydrogen (secondary N) is 6. The van der Waals surface area contributed by atoms with Crippen molar-refractivity contribution < 1.29 is 71.5 Å². The third kappa shape index (κ3) is 16.4. The summed E-state index contributed by atoms with van der Waals surface area (Å²) in [5.74, 6) is 2.53. The zero-order valence-electron chi connectivity index (χ0n) is 54.5. The van der Waals surface area contributed by atoms with Gasteiger partial charge in [-0.1, -0.05) is 75.1 Å². The number of nitrogens with two attached hydrogens (primary N) is 1. The topological polar surface area (TPSA) is 339 Å². The number of primary amides is 1. The maximum Gasteiger partial charge on any atom is 0.407 e. The number of esters is 1. The largest absolute Gasteiger partial charge is 0.458 e. The van der Waals surface area contributed by atoms with Gasteiger partial charge < -0.3 is 75.9 Å². The minimum absolute atomic E-state index is 0.0105. The molecule has 5 heterocycles. The molecule has 4 aromatic carbocycles. The number of nitrogens with zero attached hydrogens (tertiary/aromatic N) is 3. The van der Waals surface area contributed by atoms with Gasteiger partial charge in [0.25, 0.3) is 5.56 Å². The van der Waals surface area contributed by atoms with Crippen molar-refractivity contribution >= 4 is 69.9 Å². The molecule has 2 aromatic heterocycles. The molecule has 0 fully saturated rings. The average molecular weight is 1330 g/mol. The number of benzene rings is 4. The van der Waals surface area contributed by atoms with E-state index in [1.807, 2.05) is 48.5 Å². The monoisotopic (exact) mass is 1330 g/mol. The highest BCUT2D eigenvalue weighted by Gasteiger charge is 2.46. The minimum atomic E-state index is -2.05. The van der Waals surface area contributed by atoms with Gasteiger partial charge in [-0.05, 0) is 109 Å². The Balaban J connectivity index is 0.642. The fourth-order valence-corrected chi connectivity index (χ4v) is 12.4. The SMILES string of the molecule is CC[C@]1(O)C(=O)OCc2c1cc1n(c2=O)Cc2c-1nc1cc(F)c(C)c3c1c2[C@H](NC(=O)OCc1ccc(NC(=O)[C@@H](CCCNC(N)=O)NC(=O)[C@H](NC(=O)CCOCCOCCOCCNC(=O)CCC(=O)N2Cc4ccccc4C#Cc4ccccc42)C(C)C)cc1)CC3. The molecule has 10 rings (SSSR count). The lowest BCUT2D eigenvalue weighted by Crippen LogP contribution is -2.54. The molecule has 97 heavy (non-hydrogen) atoms. The maximum absolute atomic E-state index is 15.5. The number of aliphatic hydroxyl groups is 1. The molecular weight excluding hydrogens is 1250 g/mol. The molecule has 0 saturated heterocycles. The van der Waals surface area contributed by atoms with Gasteiger partial charge in [-0.25, -0.2) is 23.8 Å². The summed E-state index contributed by atoms with van der Waals surface area (Å²) in [6, 6.07) is 21.0. The molecule has 510 valence electrons. The molecule has 0 spiro atoms. The van der Waals surface area contributed by atoms with Crippen molar-refractivity contribution in [3.63, 3.8) is 0 Å². The van der Waals surface area contributed by atoms with Crippen LogP contribution in [0.3, 0.4) is 0 Å². The fraction of sp³-hybridized carbons (Fsp3) is 0.408. The molecule has 25 nitrogen and oxygen atoms in total. The molecule has 0 bridgehead atoms. The smallest absolute Gasteiger partial charge is 0.407 e. The molecular formula is C71H79FN10O15. The number of carbonyl (C=O) groups excluding carboxylic acids is 8. The van der Waals surface area contributed by atoms with Crippen LogP contribution in [0.4, 0.5) is 25.4 Å². The van der Waals surface area contributed by atoms with Crippen molar-refractivity contribution in [3.8, 4) is 23.2 Å². The number of amides is 8. The van der Waals surface area contributed by atoms with E-state index in [0.717, 1.165) is 22.3 Å². The number of pyridine rings is 2. The summed E-state index contributed by atoms with van der Waals surface area (Å²) >= 11 is 0. The Morgan fingerprint density at radius 3 is 2.26 bits per heavy atom. The van der Waals surface area contributed by atoms with Gasteiger partial charge in [0.1, 0.15) is 31.1 Å². The standard InChI is InChI=1S/C71H79FN10O15/c1-5-71(92)51-35-57-64-49(38-82(57)67(88)50(51)40-96-68(71)89)62-53(23-22-48-42(4)52(72)36-55(77-64)61(48)62)79-70(91)97-39-43-16-20-47(21-17-43)76-65(86)54(14-10-27-75-69(73)90)78-66(87)63(41(2)3)80-59(84)26-29-93-31-33-95-34-32-94-30-28-74-58(83)24-25-60(85)81-37-46-13-7-6-11-44(46)18-19-45-12-8-9-15-56(45)81/h6-9,11-13,15-17,20-21,35-36,41,53-54,63,92H,5,10,14,22-34,37-40H2,1-4H3,(H,74,83)(H,76,86)(H,78,87)(H,79,91)(H,80,84)(H3,73,75,90)/t53-,54-,63-,71-/m1/s1. The summed E-state index contributed by atoms with van der Waals surface area (Å²) in [5.41, 5.74) is 10.6. The van der Waals surface area contributed by atoms with Crippen molar-refractivity contribution in [1.29, 1.82) is 0 Å². The lowest BCUT2D eigenvalue weighted by atomic mass is 9.81. The van der Waals surface area contributed by atoms with Gasteiger partial charge in [-0.15, -0.1) is 0 Å². The normalized spacial score (nSPS) is 16.1. The second kappa shape index (κ2) is 31.7. The second-order valence-corrected chi connectivity index (χ2v) is 24.4. The number of aromatic nitrogens is 2. The molecule has 3 aliphatic heterocycles. The lowest BCUT2D eigenvalue weighted by molar-refractivity contribution is -0.172. The zero-order valence-corrected chi connectivity index (χ0v) is 54.5. The summed E-state index contributed by atoms with van der Waals surface area (Å²) in [6.45, 7) is 8.21. The molecule has 4 atom stereocenters. The first kappa shape index (κ1) is 69.8. The van der Waals surface area contributed by atoms with Crippen molar-refractivity contribution in [3.05, 3.63) is 157 Å². The maximum atomic E-state index is 15.5. The first-order valence-corrected chi connectivity index (χ1v) is 32.5. The molecule has 9 N–H and O–H groups in total. The number of urea groups is 1. The molecule has 0 saturated carbocycles. The van der Waals surface area contributed by atoms with E-state index in [0.29, 0.717) is 75.3 Å². The highest BCUT2D eigenvalue weighted by Crippen LogP contribution is 2.46. The molecule has 26 heteroatoms. The molecule has 4 aliphatic rings. The third-order valence-corrected chi connectivity index (χ3v) is 17.7. The van der Waals surface area contributed by atoms with Gasteiger partial charge in [0, 0.05) is 71.7 Å². The second-order valence-electron chi connectivity index (χ2n) is 24.4. The number of halogens is 1. The van der Waals surface area contributed by atoms with Crippen LogP contribution in [0.25, 0.3) is 22.3 Å². The quantitative estimate of drug-likeness (QED) is 0.0157. The average Bonchev–Trinajstić information content (AvgIpc) is 1.62. The number of hydrogen-bond acceptors (Lipinski definition) is 16. The van der Waals surface area contributed by atoms with E-state index in [9.17, 15) is 48.3 Å². The summed E-state index contributed by atoms with van der Waals surface area (Å²) in [6.07, 6.45) is 0.246. The van der Waals surface area contributed by atoms with E-state index in [1.54, 1.807) is 62.9 Å². The molecule has 6 aromatic rings. The highest BCUT2D eigenvalue weighted by molar-refractivity contribution is 5.99. The number of rotatable bonds is 29. The van der Waals surface area contributed by atoms with Crippen molar-refractivity contribution in [2.45, 2.75) is 129 Å². The number of anilines is 2. The predicted octanol–water partition coefficient (Wildman–Crippen LogP) is 5.74. The number of para-hydroxylation sites is 1. The van der Waals surface area contributed by atoms with Gasteiger partial charge in [-0.3, -0.25) is 28.8 Å². The Morgan fingerprint density at radius 1 is 0.804 bits per heavy atom. The predicted molar refractivity (Wildman–Crippen MR) is 354 cm³/mol. The Bertz CT molecular complexity index is 4150. The summed E-state index contributed by atoms with van der Waals surface area (Å²) < 4.78 is 44.7. The van der Waals surface area contributed by atoms with E-state index >= 15 is 4.39 Å². The number of aryl methyl sites for hydroxylation is 1. The van der Waals surface area contributed by atoms with E-state index in [4.69, 9.17) is 34.4 Å². The van der Waals surface area contributed by atoms with E-state index < -0.39 is 76.8 Å². The highest BCUT2D eigenvalue weighted by atomic mass is 19.1. The number of alkyl carbamates (subject to hydrolysis) is 1. The van der Waals surface area contributed by atoms with Crippen molar-refractivity contribution in [2.24, 2.45) is 11.7 Å². The molecule has 8 amide bonds. The zero-order chi connectivity index (χ0) is 68.9. The number of carbonyl (C=O) groups is 8. The number of hydrogen-bond donors (Lipinski definition) is 8. The first-order chi connectivity index (χ1) is 46.7. The van der Waals surface area contributed by atoms with Crippen LogP contribution in [0.1, 0.15) is 127 Å². The summed E-state index contributed by atoms with van der Waals surface area (Å²) in [5, 5.41) is 28.7. The lowest BCUT2D eigenvalue weighted by Gasteiger charge is -2.31. The van der Waals surface area contributed by atoms with Crippen LogP contribution < -0.4 is 48.1 Å². The third-order valence-electron chi connectivity index (χ3n) is 17.7. The van der Waals surface area contributed by atoms with Crippen molar-refractivity contribution in [2.75, 3.05) is 62.9 Å². The number of fused-ring (bicyclic) bond motifs is 7. The Kier molecular flexibility index (Phi) is 22.8. The van der Waals surface area contributed by atoms with Gasteiger partial charge >= 0.3 is 18.1 Å². The van der Waals surface area contributed by atoms with Crippen LogP contribution in [-0.4, -0.2) is 127 Å². The Hall–Kier alpha value is -10.1. The molecule has 0 unspecified atom stereocenters. The first-order valence-electron chi connectivity index (χ1n) is 32.5. The summed E-state index contributed by atoms with van der Waals surface area (Å²) in [7, 11) is 0. The number of ether oxygens (including phenoxy) is 5. The fourth-order valence-electron chi connectivity index (χ4n) is 12.4. The Morgan fingerprint density at radius 2 is 1.52 bits per heavy atom. The molecule has 0 radical (unpaired) electrons. The molecule has 1 aliphatic carbocycles. The van der Waals surface area contributed by atoms with Crippen LogP contribution in [0.15, 0.2) is 89.7 Å². The minimum Gasteiger partial charge on any atom is -0.458 e.